The molecule has 1 N–H and O–H groups in total. The maximum absolute atomic E-state index is 12.1. The predicted molar refractivity (Wildman–Crippen MR) is 99.4 cm³/mol. The molecule has 0 spiro atoms. The molecule has 0 radical (unpaired) electrons. The van der Waals surface area contributed by atoms with Crippen LogP contribution in [-0.2, 0) is 4.74 Å². The molecule has 0 aliphatic rings. The van der Waals surface area contributed by atoms with Gasteiger partial charge in [-0.05, 0) is 26.3 Å². The number of rotatable bonds is 5. The van der Waals surface area contributed by atoms with E-state index in [0.717, 1.165) is 17.0 Å². The van der Waals surface area contributed by atoms with Crippen molar-refractivity contribution in [3.63, 3.8) is 0 Å². The van der Waals surface area contributed by atoms with E-state index in [0.29, 0.717) is 28.4 Å². The third-order valence-corrected chi connectivity index (χ3v) is 4.87. The lowest BCUT2D eigenvalue weighted by atomic mass is 10.1. The SMILES string of the molecule is CCOC(=O)c1c(C)[nH]c(-c2csc(-c3cccc([N+](=O)[O-])c3)n2)c1C. The van der Waals surface area contributed by atoms with Crippen molar-refractivity contribution in [3.05, 3.63) is 56.6 Å². The number of nitro benzene ring substituents is 1. The van der Waals surface area contributed by atoms with Gasteiger partial charge >= 0.3 is 5.97 Å². The summed E-state index contributed by atoms with van der Waals surface area (Å²) in [7, 11) is 0. The van der Waals surface area contributed by atoms with Gasteiger partial charge in [0.1, 0.15) is 5.01 Å². The molecule has 2 aromatic heterocycles. The fourth-order valence-corrected chi connectivity index (χ4v) is 3.60. The molecule has 134 valence electrons. The summed E-state index contributed by atoms with van der Waals surface area (Å²) in [5, 5.41) is 13.5. The number of aryl methyl sites for hydroxylation is 1. The molecule has 2 heterocycles. The van der Waals surface area contributed by atoms with Gasteiger partial charge in [-0.1, -0.05) is 12.1 Å². The molecule has 0 atom stereocenters. The maximum atomic E-state index is 12.1. The van der Waals surface area contributed by atoms with Crippen LogP contribution < -0.4 is 0 Å². The Bertz CT molecular complexity index is 990. The fourth-order valence-electron chi connectivity index (χ4n) is 2.79. The van der Waals surface area contributed by atoms with Gasteiger partial charge in [0.05, 0.1) is 28.5 Å². The van der Waals surface area contributed by atoms with Crippen LogP contribution in [0.25, 0.3) is 22.0 Å². The highest BCUT2D eigenvalue weighted by Crippen LogP contribution is 2.33. The zero-order chi connectivity index (χ0) is 18.8. The van der Waals surface area contributed by atoms with E-state index in [4.69, 9.17) is 4.74 Å². The van der Waals surface area contributed by atoms with Gasteiger partial charge in [0.15, 0.2) is 0 Å². The first kappa shape index (κ1) is 17.8. The summed E-state index contributed by atoms with van der Waals surface area (Å²) in [6.07, 6.45) is 0. The topological polar surface area (TPSA) is 98.1 Å². The second kappa shape index (κ2) is 7.09. The molecule has 0 unspecified atom stereocenters. The van der Waals surface area contributed by atoms with E-state index >= 15 is 0 Å². The Morgan fingerprint density at radius 1 is 1.38 bits per heavy atom. The van der Waals surface area contributed by atoms with Gasteiger partial charge in [0.25, 0.3) is 5.69 Å². The zero-order valence-corrected chi connectivity index (χ0v) is 15.3. The van der Waals surface area contributed by atoms with E-state index in [1.165, 1.54) is 23.5 Å². The van der Waals surface area contributed by atoms with Crippen LogP contribution in [0.5, 0.6) is 0 Å². The van der Waals surface area contributed by atoms with Gasteiger partial charge < -0.3 is 9.72 Å². The molecular formula is C18H17N3O4S. The van der Waals surface area contributed by atoms with E-state index in [1.807, 2.05) is 19.2 Å². The summed E-state index contributed by atoms with van der Waals surface area (Å²) in [5.41, 5.74) is 4.16. The van der Waals surface area contributed by atoms with Gasteiger partial charge in [-0.3, -0.25) is 10.1 Å². The van der Waals surface area contributed by atoms with Crippen LogP contribution >= 0.6 is 11.3 Å². The van der Waals surface area contributed by atoms with E-state index in [-0.39, 0.29) is 11.7 Å². The van der Waals surface area contributed by atoms with Gasteiger partial charge in [0.2, 0.25) is 0 Å². The smallest absolute Gasteiger partial charge is 0.340 e. The van der Waals surface area contributed by atoms with E-state index in [1.54, 1.807) is 19.1 Å². The Balaban J connectivity index is 1.98. The number of aromatic amines is 1. The first-order valence-electron chi connectivity index (χ1n) is 7.99. The zero-order valence-electron chi connectivity index (χ0n) is 14.5. The number of hydrogen-bond acceptors (Lipinski definition) is 6. The number of non-ortho nitro benzene ring substituents is 1. The minimum absolute atomic E-state index is 0.0238. The van der Waals surface area contributed by atoms with Crippen molar-refractivity contribution in [1.29, 1.82) is 0 Å². The lowest BCUT2D eigenvalue weighted by Gasteiger charge is -2.02. The van der Waals surface area contributed by atoms with Gasteiger partial charge in [-0.15, -0.1) is 11.3 Å². The lowest BCUT2D eigenvalue weighted by molar-refractivity contribution is -0.384. The fraction of sp³-hybridized carbons (Fsp3) is 0.222. The third-order valence-electron chi connectivity index (χ3n) is 3.98. The molecule has 0 amide bonds. The van der Waals surface area contributed by atoms with Crippen LogP contribution in [0.3, 0.4) is 0 Å². The summed E-state index contributed by atoms with van der Waals surface area (Å²) >= 11 is 1.39. The van der Waals surface area contributed by atoms with Crippen molar-refractivity contribution in [3.8, 4) is 22.0 Å². The molecule has 26 heavy (non-hydrogen) atoms. The normalized spacial score (nSPS) is 10.7. The van der Waals surface area contributed by atoms with Crippen molar-refractivity contribution in [1.82, 2.24) is 9.97 Å². The molecule has 0 saturated heterocycles. The van der Waals surface area contributed by atoms with Crippen LogP contribution in [0.15, 0.2) is 29.6 Å². The Kier molecular flexibility index (Phi) is 4.85. The number of H-pyrrole nitrogens is 1. The molecular weight excluding hydrogens is 354 g/mol. The third kappa shape index (κ3) is 3.23. The molecule has 7 nitrogen and oxygen atoms in total. The Labute approximate surface area is 153 Å². The Morgan fingerprint density at radius 3 is 2.85 bits per heavy atom. The van der Waals surface area contributed by atoms with Crippen molar-refractivity contribution >= 4 is 23.0 Å². The second-order valence-electron chi connectivity index (χ2n) is 5.69. The van der Waals surface area contributed by atoms with Crippen LogP contribution in [-0.4, -0.2) is 27.5 Å². The molecule has 0 aliphatic carbocycles. The molecule has 3 rings (SSSR count). The number of esters is 1. The number of aromatic nitrogens is 2. The van der Waals surface area contributed by atoms with Gasteiger partial charge in [-0.2, -0.15) is 0 Å². The first-order valence-corrected chi connectivity index (χ1v) is 8.87. The highest BCUT2D eigenvalue weighted by atomic mass is 32.1. The van der Waals surface area contributed by atoms with Crippen LogP contribution in [0.4, 0.5) is 5.69 Å². The number of nitro groups is 1. The van der Waals surface area contributed by atoms with Crippen LogP contribution in [0.1, 0.15) is 28.5 Å². The number of nitrogens with one attached hydrogen (secondary N) is 1. The standard InChI is InChI=1S/C18H17N3O4S/c1-4-25-18(22)15-10(2)16(19-11(15)3)14-9-26-17(20-14)12-6-5-7-13(8-12)21(23)24/h5-9,19H,4H2,1-3H3. The number of carbonyl (C=O) groups is 1. The summed E-state index contributed by atoms with van der Waals surface area (Å²) in [4.78, 5) is 30.4. The minimum Gasteiger partial charge on any atom is -0.462 e. The Hall–Kier alpha value is -3.00. The second-order valence-corrected chi connectivity index (χ2v) is 6.55. The van der Waals surface area contributed by atoms with Crippen molar-refractivity contribution < 1.29 is 14.5 Å². The highest BCUT2D eigenvalue weighted by Gasteiger charge is 2.21. The first-order chi connectivity index (χ1) is 12.4. The van der Waals surface area contributed by atoms with Crippen LogP contribution in [0.2, 0.25) is 0 Å². The average Bonchev–Trinajstić information content (AvgIpc) is 3.20. The van der Waals surface area contributed by atoms with Gasteiger partial charge in [0, 0.05) is 28.8 Å². The lowest BCUT2D eigenvalue weighted by Crippen LogP contribution is -2.06. The van der Waals surface area contributed by atoms with Crippen LogP contribution in [0, 0.1) is 24.0 Å². The molecule has 8 heteroatoms. The van der Waals surface area contributed by atoms with Crippen molar-refractivity contribution in [2.24, 2.45) is 0 Å². The molecule has 0 aliphatic heterocycles. The summed E-state index contributed by atoms with van der Waals surface area (Å²) in [6.45, 7) is 5.74. The van der Waals surface area contributed by atoms with Crippen molar-refractivity contribution in [2.45, 2.75) is 20.8 Å². The summed E-state index contributed by atoms with van der Waals surface area (Å²) in [5.74, 6) is -0.362. The van der Waals surface area contributed by atoms with Crippen molar-refractivity contribution in [2.75, 3.05) is 6.61 Å². The number of nitrogens with zero attached hydrogens (tertiary/aromatic N) is 2. The predicted octanol–water partition coefficient (Wildman–Crippen LogP) is 4.51. The summed E-state index contributed by atoms with van der Waals surface area (Å²) < 4.78 is 5.11. The van der Waals surface area contributed by atoms with E-state index in [2.05, 4.69) is 9.97 Å². The average molecular weight is 371 g/mol. The number of thiazole rings is 1. The number of hydrogen-bond donors (Lipinski definition) is 1. The molecule has 0 fully saturated rings. The van der Waals surface area contributed by atoms with E-state index in [9.17, 15) is 14.9 Å². The maximum Gasteiger partial charge on any atom is 0.340 e. The van der Waals surface area contributed by atoms with Gasteiger partial charge in [-0.25, -0.2) is 9.78 Å². The molecule has 3 aromatic rings. The summed E-state index contributed by atoms with van der Waals surface area (Å²) in [6, 6.07) is 6.37. The highest BCUT2D eigenvalue weighted by molar-refractivity contribution is 7.13. The number of benzene rings is 1. The molecule has 0 saturated carbocycles. The Morgan fingerprint density at radius 2 is 2.15 bits per heavy atom. The number of carbonyl (C=O) groups excluding carboxylic acids is 1. The largest absolute Gasteiger partial charge is 0.462 e. The minimum atomic E-state index is -0.428. The number of ether oxygens (including phenoxy) is 1. The molecule has 0 bridgehead atoms. The molecule has 1 aromatic carbocycles. The van der Waals surface area contributed by atoms with E-state index < -0.39 is 4.92 Å². The monoisotopic (exact) mass is 371 g/mol. The quantitative estimate of drug-likeness (QED) is 0.404.